The predicted octanol–water partition coefficient (Wildman–Crippen LogP) is 7.68. The molecule has 3 aromatic rings. The second-order valence-corrected chi connectivity index (χ2v) is 9.23. The second kappa shape index (κ2) is 11.1. The number of benzene rings is 3. The molecule has 0 spiro atoms. The summed E-state index contributed by atoms with van der Waals surface area (Å²) in [6.07, 6.45) is 1.41. The van der Waals surface area contributed by atoms with Gasteiger partial charge in [-0.25, -0.2) is 0 Å². The Bertz CT molecular complexity index is 1210. The third-order valence-corrected chi connectivity index (χ3v) is 6.20. The van der Waals surface area contributed by atoms with Crippen molar-refractivity contribution in [2.24, 2.45) is 0 Å². The molecule has 162 valence electrons. The number of rotatable bonds is 6. The summed E-state index contributed by atoms with van der Waals surface area (Å²) in [6.45, 7) is 2.08. The summed E-state index contributed by atoms with van der Waals surface area (Å²) in [5.74, 6) is -0.231. The van der Waals surface area contributed by atoms with E-state index in [9.17, 15) is 10.1 Å². The topological polar surface area (TPSA) is 62.1 Å². The minimum atomic E-state index is -0.566. The van der Waals surface area contributed by atoms with Crippen LogP contribution in [0, 0.1) is 21.8 Å². The molecule has 3 rings (SSSR count). The van der Waals surface area contributed by atoms with E-state index in [-0.39, 0.29) is 15.6 Å². The van der Waals surface area contributed by atoms with Crippen molar-refractivity contribution >= 4 is 75.1 Å². The molecule has 8 heteroatoms. The van der Waals surface area contributed by atoms with E-state index in [0.29, 0.717) is 34.2 Å². The molecular formula is C24H16Cl3IN2O2. The SMILES string of the molecule is Cc1c(Cl)cccc1NC(=O)/C(C#N)=C\c1cc(Cl)c(OCc2ccc(I)cc2)c(Cl)c1. The Hall–Kier alpha value is -2.24. The van der Waals surface area contributed by atoms with Crippen LogP contribution in [-0.4, -0.2) is 5.91 Å². The number of amides is 1. The van der Waals surface area contributed by atoms with Crippen LogP contribution in [0.15, 0.2) is 60.2 Å². The molecule has 0 saturated heterocycles. The van der Waals surface area contributed by atoms with E-state index >= 15 is 0 Å². The molecule has 32 heavy (non-hydrogen) atoms. The molecule has 4 nitrogen and oxygen atoms in total. The normalized spacial score (nSPS) is 11.1. The molecule has 0 fully saturated rings. The first-order valence-electron chi connectivity index (χ1n) is 9.33. The monoisotopic (exact) mass is 596 g/mol. The number of carbonyl (C=O) groups excluding carboxylic acids is 1. The molecule has 1 N–H and O–H groups in total. The highest BCUT2D eigenvalue weighted by molar-refractivity contribution is 14.1. The highest BCUT2D eigenvalue weighted by atomic mass is 127. The van der Waals surface area contributed by atoms with Gasteiger partial charge in [0.2, 0.25) is 0 Å². The van der Waals surface area contributed by atoms with Gasteiger partial charge in [-0.3, -0.25) is 4.79 Å². The molecule has 0 atom stereocenters. The summed E-state index contributed by atoms with van der Waals surface area (Å²) in [7, 11) is 0. The lowest BCUT2D eigenvalue weighted by molar-refractivity contribution is -0.112. The molecular weight excluding hydrogens is 582 g/mol. The van der Waals surface area contributed by atoms with Crippen molar-refractivity contribution in [3.63, 3.8) is 0 Å². The third kappa shape index (κ3) is 6.17. The highest BCUT2D eigenvalue weighted by Gasteiger charge is 2.14. The van der Waals surface area contributed by atoms with Crippen molar-refractivity contribution in [1.29, 1.82) is 5.26 Å². The molecule has 0 heterocycles. The van der Waals surface area contributed by atoms with Crippen molar-refractivity contribution < 1.29 is 9.53 Å². The molecule has 0 saturated carbocycles. The zero-order chi connectivity index (χ0) is 23.3. The van der Waals surface area contributed by atoms with E-state index in [1.165, 1.54) is 6.08 Å². The number of nitrogens with one attached hydrogen (secondary N) is 1. The molecule has 0 aliphatic carbocycles. The summed E-state index contributed by atoms with van der Waals surface area (Å²) in [5.41, 5.74) is 2.60. The quantitative estimate of drug-likeness (QED) is 0.180. The molecule has 0 aliphatic rings. The molecule has 0 aliphatic heterocycles. The molecule has 1 amide bonds. The molecule has 0 unspecified atom stereocenters. The van der Waals surface area contributed by atoms with E-state index < -0.39 is 5.91 Å². The van der Waals surface area contributed by atoms with Crippen LogP contribution in [0.25, 0.3) is 6.08 Å². The van der Waals surface area contributed by atoms with Crippen molar-refractivity contribution in [2.45, 2.75) is 13.5 Å². The second-order valence-electron chi connectivity index (χ2n) is 6.77. The Morgan fingerprint density at radius 3 is 2.38 bits per heavy atom. The number of carbonyl (C=O) groups is 1. The Balaban J connectivity index is 1.78. The minimum absolute atomic E-state index is 0.107. The molecule has 0 radical (unpaired) electrons. The van der Waals surface area contributed by atoms with Crippen LogP contribution in [0.1, 0.15) is 16.7 Å². The van der Waals surface area contributed by atoms with E-state index in [0.717, 1.165) is 9.13 Å². The lowest BCUT2D eigenvalue weighted by atomic mass is 10.1. The number of hydrogen-bond acceptors (Lipinski definition) is 3. The lowest BCUT2D eigenvalue weighted by Crippen LogP contribution is -2.14. The van der Waals surface area contributed by atoms with Gasteiger partial charge >= 0.3 is 0 Å². The van der Waals surface area contributed by atoms with E-state index in [1.807, 2.05) is 30.3 Å². The van der Waals surface area contributed by atoms with Gasteiger partial charge in [0.1, 0.15) is 18.2 Å². The summed E-state index contributed by atoms with van der Waals surface area (Å²) < 4.78 is 6.91. The number of nitrogens with zero attached hydrogens (tertiary/aromatic N) is 1. The summed E-state index contributed by atoms with van der Waals surface area (Å²) in [4.78, 5) is 12.6. The van der Waals surface area contributed by atoms with Crippen LogP contribution in [0.2, 0.25) is 15.1 Å². The molecule has 0 aromatic heterocycles. The standard InChI is InChI=1S/C24H16Cl3IN2O2/c1-14-19(25)3-2-4-22(14)30-24(31)17(12-29)9-16-10-20(26)23(21(27)11-16)32-13-15-5-7-18(28)8-6-15/h2-11H,13H2,1H3,(H,30,31)/b17-9-. The van der Waals surface area contributed by atoms with E-state index in [2.05, 4.69) is 27.9 Å². The first-order chi connectivity index (χ1) is 15.3. The summed E-state index contributed by atoms with van der Waals surface area (Å²) in [5, 5.41) is 13.3. The fraction of sp³-hybridized carbons (Fsp3) is 0.0833. The van der Waals surface area contributed by atoms with Gasteiger partial charge in [0.15, 0.2) is 5.75 Å². The lowest BCUT2D eigenvalue weighted by Gasteiger charge is -2.12. The largest absolute Gasteiger partial charge is 0.486 e. The molecule has 3 aromatic carbocycles. The number of anilines is 1. The van der Waals surface area contributed by atoms with Crippen LogP contribution >= 0.6 is 57.4 Å². The maximum absolute atomic E-state index is 12.6. The van der Waals surface area contributed by atoms with Gasteiger partial charge in [-0.2, -0.15) is 5.26 Å². The van der Waals surface area contributed by atoms with Crippen LogP contribution in [-0.2, 0) is 11.4 Å². The number of halogens is 4. The summed E-state index contributed by atoms with van der Waals surface area (Å²) in [6, 6.07) is 18.1. The number of nitriles is 1. The maximum atomic E-state index is 12.6. The van der Waals surface area contributed by atoms with E-state index in [4.69, 9.17) is 39.5 Å². The fourth-order valence-corrected chi connectivity index (χ4v) is 3.93. The van der Waals surface area contributed by atoms with Crippen molar-refractivity contribution in [3.8, 4) is 11.8 Å². The Morgan fingerprint density at radius 2 is 1.75 bits per heavy atom. The first-order valence-corrected chi connectivity index (χ1v) is 11.5. The maximum Gasteiger partial charge on any atom is 0.266 e. The third-order valence-electron chi connectivity index (χ3n) is 4.51. The van der Waals surface area contributed by atoms with Crippen molar-refractivity contribution in [2.75, 3.05) is 5.32 Å². The Morgan fingerprint density at radius 1 is 1.09 bits per heavy atom. The van der Waals surface area contributed by atoms with Gasteiger partial charge in [0, 0.05) is 14.3 Å². The summed E-state index contributed by atoms with van der Waals surface area (Å²) >= 11 is 21.0. The first kappa shape index (κ1) is 24.4. The highest BCUT2D eigenvalue weighted by Crippen LogP contribution is 2.35. The van der Waals surface area contributed by atoms with Gasteiger partial charge in [-0.1, -0.05) is 53.0 Å². The van der Waals surface area contributed by atoms with Gasteiger partial charge in [0.25, 0.3) is 5.91 Å². The zero-order valence-electron chi connectivity index (χ0n) is 16.8. The van der Waals surface area contributed by atoms with Gasteiger partial charge in [-0.05, 0) is 88.7 Å². The number of ether oxygens (including phenoxy) is 1. The minimum Gasteiger partial charge on any atom is -0.486 e. The van der Waals surface area contributed by atoms with Gasteiger partial charge in [0.05, 0.1) is 10.0 Å². The Labute approximate surface area is 214 Å². The average molecular weight is 598 g/mol. The fourth-order valence-electron chi connectivity index (χ4n) is 2.78. The Kier molecular flexibility index (Phi) is 8.44. The number of hydrogen-bond donors (Lipinski definition) is 1. The van der Waals surface area contributed by atoms with Crippen LogP contribution in [0.3, 0.4) is 0 Å². The smallest absolute Gasteiger partial charge is 0.266 e. The predicted molar refractivity (Wildman–Crippen MR) is 138 cm³/mol. The molecule has 0 bridgehead atoms. The van der Waals surface area contributed by atoms with Crippen LogP contribution in [0.5, 0.6) is 5.75 Å². The van der Waals surface area contributed by atoms with E-state index in [1.54, 1.807) is 37.3 Å². The van der Waals surface area contributed by atoms with Crippen molar-refractivity contribution in [1.82, 2.24) is 0 Å². The van der Waals surface area contributed by atoms with Gasteiger partial charge in [-0.15, -0.1) is 0 Å². The average Bonchev–Trinajstić information content (AvgIpc) is 2.76. The van der Waals surface area contributed by atoms with Crippen LogP contribution < -0.4 is 10.1 Å². The van der Waals surface area contributed by atoms with Crippen LogP contribution in [0.4, 0.5) is 5.69 Å². The van der Waals surface area contributed by atoms with Gasteiger partial charge < -0.3 is 10.1 Å². The van der Waals surface area contributed by atoms with Crippen molar-refractivity contribution in [3.05, 3.63) is 95.5 Å². The zero-order valence-corrected chi connectivity index (χ0v) is 21.2.